The number of benzene rings is 4. The van der Waals surface area contributed by atoms with Gasteiger partial charge in [-0.1, -0.05) is 78.9 Å². The predicted molar refractivity (Wildman–Crippen MR) is 196 cm³/mol. The summed E-state index contributed by atoms with van der Waals surface area (Å²) in [4.78, 5) is 13.7. The van der Waals surface area contributed by atoms with Gasteiger partial charge < -0.3 is 8.98 Å². The van der Waals surface area contributed by atoms with Crippen LogP contribution >= 0.6 is 0 Å². The van der Waals surface area contributed by atoms with Crippen molar-refractivity contribution in [2.24, 2.45) is 0 Å². The van der Waals surface area contributed by atoms with E-state index in [0.29, 0.717) is 0 Å². The summed E-state index contributed by atoms with van der Waals surface area (Å²) in [7, 11) is 0. The summed E-state index contributed by atoms with van der Waals surface area (Å²) in [5.41, 5.74) is 10.2. The number of aromatic nitrogens is 4. The molecule has 1 aliphatic rings. The molecule has 1 unspecified atom stereocenters. The standard InChI is InChI=1S/C43H28N4O/c1-2-12-33-32(11-1)40-34-13-3-5-15-38(34)47(42(40)43-41(33)35-14-4-6-16-39(35)48-43)31-19-17-27(18-20-31)30-23-36(28-9-7-21-44-25-28)46-37(24-30)29-10-8-22-45-26-29/h1-19,21-26,31H,20H2. The zero-order chi connectivity index (χ0) is 31.6. The average molecular weight is 617 g/mol. The van der Waals surface area contributed by atoms with Gasteiger partial charge in [0.25, 0.3) is 0 Å². The Kier molecular flexibility index (Phi) is 5.93. The molecule has 226 valence electrons. The van der Waals surface area contributed by atoms with Crippen molar-refractivity contribution < 1.29 is 4.42 Å². The lowest BCUT2D eigenvalue weighted by atomic mass is 9.94. The number of rotatable bonds is 4. The molecular weight excluding hydrogens is 589 g/mol. The first-order valence-corrected chi connectivity index (χ1v) is 16.3. The third-order valence-corrected chi connectivity index (χ3v) is 9.67. The molecule has 0 spiro atoms. The number of allylic oxidation sites excluding steroid dienone is 4. The van der Waals surface area contributed by atoms with E-state index in [2.05, 4.69) is 124 Å². The van der Waals surface area contributed by atoms with Crippen LogP contribution in [0.5, 0.6) is 0 Å². The highest BCUT2D eigenvalue weighted by Gasteiger charge is 2.25. The Bertz CT molecular complexity index is 2700. The molecule has 48 heavy (non-hydrogen) atoms. The van der Waals surface area contributed by atoms with Crippen LogP contribution in [0, 0.1) is 0 Å². The zero-order valence-electron chi connectivity index (χ0n) is 25.9. The quantitative estimate of drug-likeness (QED) is 0.197. The summed E-state index contributed by atoms with van der Waals surface area (Å²) in [6.07, 6.45) is 15.1. The molecular formula is C43H28N4O. The minimum Gasteiger partial charge on any atom is -0.454 e. The van der Waals surface area contributed by atoms with E-state index in [0.717, 1.165) is 56.6 Å². The first-order chi connectivity index (χ1) is 23.8. The molecule has 0 aliphatic heterocycles. The molecule has 5 heteroatoms. The highest BCUT2D eigenvalue weighted by molar-refractivity contribution is 6.34. The minimum atomic E-state index is 0.103. The second-order valence-electron chi connectivity index (χ2n) is 12.4. The third-order valence-electron chi connectivity index (χ3n) is 9.67. The van der Waals surface area contributed by atoms with Crippen LogP contribution < -0.4 is 0 Å². The summed E-state index contributed by atoms with van der Waals surface area (Å²) in [6.45, 7) is 0. The molecule has 0 fully saturated rings. The van der Waals surface area contributed by atoms with Crippen molar-refractivity contribution in [3.05, 3.63) is 158 Å². The van der Waals surface area contributed by atoms with Gasteiger partial charge in [0.1, 0.15) is 5.58 Å². The molecule has 0 radical (unpaired) electrons. The van der Waals surface area contributed by atoms with Gasteiger partial charge in [-0.2, -0.15) is 0 Å². The van der Waals surface area contributed by atoms with Crippen molar-refractivity contribution >= 4 is 60.1 Å². The number of furan rings is 1. The molecule has 0 bridgehead atoms. The number of nitrogens with zero attached hydrogens (tertiary/aromatic N) is 4. The SMILES string of the molecule is C1=CC(n2c3ccccc3c3c4ccccc4c4c5ccccc5oc4c32)CC=C1c1cc(-c2cccnc2)nc(-c2cccnc2)c1. The average Bonchev–Trinajstić information content (AvgIpc) is 3.73. The van der Waals surface area contributed by atoms with Crippen molar-refractivity contribution in [3.63, 3.8) is 0 Å². The second-order valence-corrected chi connectivity index (χ2v) is 12.4. The van der Waals surface area contributed by atoms with E-state index in [1.54, 1.807) is 12.4 Å². The summed E-state index contributed by atoms with van der Waals surface area (Å²) >= 11 is 0. The maximum absolute atomic E-state index is 6.76. The largest absolute Gasteiger partial charge is 0.454 e. The lowest BCUT2D eigenvalue weighted by Crippen LogP contribution is -2.08. The molecule has 4 aromatic carbocycles. The fraction of sp³-hybridized carbons (Fsp3) is 0.0465. The van der Waals surface area contributed by atoms with Crippen molar-refractivity contribution in [2.45, 2.75) is 12.5 Å². The van der Waals surface area contributed by atoms with Crippen LogP contribution in [-0.4, -0.2) is 19.5 Å². The molecule has 5 nitrogen and oxygen atoms in total. The van der Waals surface area contributed by atoms with Crippen molar-refractivity contribution in [3.8, 4) is 22.5 Å². The summed E-state index contributed by atoms with van der Waals surface area (Å²) in [5.74, 6) is 0. The lowest BCUT2D eigenvalue weighted by Gasteiger charge is -2.21. The fourth-order valence-corrected chi connectivity index (χ4v) is 7.54. The Balaban J connectivity index is 1.16. The molecule has 0 N–H and O–H groups in total. The van der Waals surface area contributed by atoms with Crippen LogP contribution in [-0.2, 0) is 0 Å². The van der Waals surface area contributed by atoms with Gasteiger partial charge in [0.05, 0.1) is 22.9 Å². The minimum absolute atomic E-state index is 0.103. The number of para-hydroxylation sites is 2. The third kappa shape index (κ3) is 4.07. The van der Waals surface area contributed by atoms with Crippen LogP contribution in [0.15, 0.2) is 157 Å². The molecule has 5 heterocycles. The topological polar surface area (TPSA) is 56.7 Å². The van der Waals surface area contributed by atoms with Gasteiger partial charge in [-0.05, 0) is 76.9 Å². The lowest BCUT2D eigenvalue weighted by molar-refractivity contribution is 0.636. The van der Waals surface area contributed by atoms with Crippen LogP contribution in [0.4, 0.5) is 0 Å². The Morgan fingerprint density at radius 2 is 1.27 bits per heavy atom. The van der Waals surface area contributed by atoms with E-state index in [9.17, 15) is 0 Å². The van der Waals surface area contributed by atoms with Gasteiger partial charge >= 0.3 is 0 Å². The zero-order valence-corrected chi connectivity index (χ0v) is 25.9. The number of hydrogen-bond donors (Lipinski definition) is 0. The summed E-state index contributed by atoms with van der Waals surface area (Å²) in [6, 6.07) is 38.4. The van der Waals surface area contributed by atoms with E-state index < -0.39 is 0 Å². The normalized spacial score (nSPS) is 14.8. The van der Waals surface area contributed by atoms with Crippen LogP contribution in [0.3, 0.4) is 0 Å². The van der Waals surface area contributed by atoms with Crippen LogP contribution in [0.1, 0.15) is 18.0 Å². The van der Waals surface area contributed by atoms with Gasteiger partial charge in [-0.3, -0.25) is 9.97 Å². The maximum Gasteiger partial charge on any atom is 0.160 e. The number of pyridine rings is 3. The Morgan fingerprint density at radius 1 is 0.625 bits per heavy atom. The summed E-state index contributed by atoms with van der Waals surface area (Å²) in [5, 5.41) is 7.28. The molecule has 0 saturated carbocycles. The molecule has 10 rings (SSSR count). The van der Waals surface area contributed by atoms with Gasteiger partial charge in [0, 0.05) is 63.0 Å². The van der Waals surface area contributed by atoms with Crippen molar-refractivity contribution in [2.75, 3.05) is 0 Å². The Hall–Kier alpha value is -6.33. The van der Waals surface area contributed by atoms with Crippen LogP contribution in [0.2, 0.25) is 0 Å². The summed E-state index contributed by atoms with van der Waals surface area (Å²) < 4.78 is 9.26. The highest BCUT2D eigenvalue weighted by atomic mass is 16.3. The fourth-order valence-electron chi connectivity index (χ4n) is 7.54. The Morgan fingerprint density at radius 3 is 1.94 bits per heavy atom. The van der Waals surface area contributed by atoms with E-state index in [1.807, 2.05) is 30.6 Å². The first kappa shape index (κ1) is 26.8. The van der Waals surface area contributed by atoms with Crippen molar-refractivity contribution in [1.82, 2.24) is 19.5 Å². The van der Waals surface area contributed by atoms with E-state index >= 15 is 0 Å². The van der Waals surface area contributed by atoms with Gasteiger partial charge in [0.2, 0.25) is 0 Å². The van der Waals surface area contributed by atoms with E-state index in [-0.39, 0.29) is 6.04 Å². The molecule has 5 aromatic heterocycles. The smallest absolute Gasteiger partial charge is 0.160 e. The highest BCUT2D eigenvalue weighted by Crippen LogP contribution is 2.46. The van der Waals surface area contributed by atoms with E-state index in [4.69, 9.17) is 9.40 Å². The van der Waals surface area contributed by atoms with Crippen LogP contribution in [0.25, 0.3) is 82.6 Å². The monoisotopic (exact) mass is 616 g/mol. The van der Waals surface area contributed by atoms with Gasteiger partial charge in [-0.15, -0.1) is 0 Å². The molecule has 1 atom stereocenters. The van der Waals surface area contributed by atoms with Gasteiger partial charge in [-0.25, -0.2) is 4.98 Å². The molecule has 9 aromatic rings. The number of fused-ring (bicyclic) bond motifs is 10. The van der Waals surface area contributed by atoms with Gasteiger partial charge in [0.15, 0.2) is 5.58 Å². The second kappa shape index (κ2) is 10.6. The predicted octanol–water partition coefficient (Wildman–Crippen LogP) is 11.0. The molecule has 0 saturated heterocycles. The molecule has 1 aliphatic carbocycles. The molecule has 0 amide bonds. The van der Waals surface area contributed by atoms with Crippen molar-refractivity contribution in [1.29, 1.82) is 0 Å². The number of hydrogen-bond acceptors (Lipinski definition) is 4. The maximum atomic E-state index is 6.76. The Labute approximate surface area is 276 Å². The first-order valence-electron chi connectivity index (χ1n) is 16.3. The van der Waals surface area contributed by atoms with E-state index in [1.165, 1.54) is 38.0 Å².